The van der Waals surface area contributed by atoms with Crippen molar-refractivity contribution in [2.75, 3.05) is 0 Å². The van der Waals surface area contributed by atoms with E-state index < -0.39 is 0 Å². The number of thiophene rings is 1. The summed E-state index contributed by atoms with van der Waals surface area (Å²) < 4.78 is 0.733. The Bertz CT molecular complexity index is 468. The van der Waals surface area contributed by atoms with Crippen LogP contribution in [0.5, 0.6) is 0 Å². The van der Waals surface area contributed by atoms with Gasteiger partial charge in [-0.15, -0.1) is 11.3 Å². The maximum Gasteiger partial charge on any atom is 0.141 e. The molecule has 0 amide bonds. The van der Waals surface area contributed by atoms with Crippen LogP contribution in [0, 0.1) is 6.92 Å². The van der Waals surface area contributed by atoms with Gasteiger partial charge in [0.05, 0.1) is 4.34 Å². The van der Waals surface area contributed by atoms with Crippen molar-refractivity contribution in [1.82, 2.24) is 9.97 Å². The lowest BCUT2D eigenvalue weighted by molar-refractivity contribution is 1.06. The molecule has 0 aliphatic heterocycles. The molecule has 0 unspecified atom stereocenters. The lowest BCUT2D eigenvalue weighted by atomic mass is 10.3. The van der Waals surface area contributed by atoms with Crippen molar-refractivity contribution < 1.29 is 0 Å². The average molecular weight is 245 g/mol. The molecular formula is C9H6Cl2N2S. The molecule has 0 bridgehead atoms. The lowest BCUT2D eigenvalue weighted by Crippen LogP contribution is -1.88. The van der Waals surface area contributed by atoms with Gasteiger partial charge in [0, 0.05) is 16.6 Å². The lowest BCUT2D eigenvalue weighted by Gasteiger charge is -1.99. The van der Waals surface area contributed by atoms with Gasteiger partial charge in [-0.3, -0.25) is 0 Å². The molecule has 0 spiro atoms. The molecule has 0 radical (unpaired) electrons. The van der Waals surface area contributed by atoms with Crippen LogP contribution >= 0.6 is 34.5 Å². The largest absolute Gasteiger partial charge is 0.241 e. The van der Waals surface area contributed by atoms with E-state index in [9.17, 15) is 0 Å². The van der Waals surface area contributed by atoms with Crippen LogP contribution in [0.15, 0.2) is 18.3 Å². The number of hydrogen-bond acceptors (Lipinski definition) is 3. The van der Waals surface area contributed by atoms with E-state index >= 15 is 0 Å². The van der Waals surface area contributed by atoms with Gasteiger partial charge < -0.3 is 0 Å². The summed E-state index contributed by atoms with van der Waals surface area (Å²) in [7, 11) is 0. The van der Waals surface area contributed by atoms with Gasteiger partial charge in [-0.1, -0.05) is 23.2 Å². The monoisotopic (exact) mass is 244 g/mol. The molecule has 2 heterocycles. The van der Waals surface area contributed by atoms with Gasteiger partial charge in [-0.25, -0.2) is 9.97 Å². The molecule has 2 nitrogen and oxygen atoms in total. The Kier molecular flexibility index (Phi) is 2.72. The number of nitrogens with zero attached hydrogens (tertiary/aromatic N) is 2. The zero-order valence-corrected chi connectivity index (χ0v) is 9.62. The number of hydrogen-bond donors (Lipinski definition) is 0. The molecule has 2 aromatic heterocycles. The van der Waals surface area contributed by atoms with E-state index in [-0.39, 0.29) is 0 Å². The number of aryl methyl sites for hydroxylation is 1. The maximum atomic E-state index is 5.99. The quantitative estimate of drug-likeness (QED) is 0.713. The Balaban J connectivity index is 2.52. The highest BCUT2D eigenvalue weighted by atomic mass is 35.5. The maximum absolute atomic E-state index is 5.99. The smallest absolute Gasteiger partial charge is 0.141 e. The van der Waals surface area contributed by atoms with Crippen LogP contribution in [0.2, 0.25) is 9.49 Å². The van der Waals surface area contributed by atoms with Gasteiger partial charge in [-0.05, 0) is 19.1 Å². The fraction of sp³-hybridized carbons (Fsp3) is 0.111. The van der Waals surface area contributed by atoms with Gasteiger partial charge in [0.15, 0.2) is 0 Å². The van der Waals surface area contributed by atoms with Gasteiger partial charge in [0.25, 0.3) is 0 Å². The molecule has 0 saturated heterocycles. The van der Waals surface area contributed by atoms with E-state index in [2.05, 4.69) is 9.97 Å². The summed E-state index contributed by atoms with van der Waals surface area (Å²) in [5, 5.41) is 0.469. The van der Waals surface area contributed by atoms with Crippen LogP contribution in [0.25, 0.3) is 10.4 Å². The van der Waals surface area contributed by atoms with Crippen molar-refractivity contribution in [2.24, 2.45) is 0 Å². The van der Waals surface area contributed by atoms with Crippen LogP contribution in [0.1, 0.15) is 5.82 Å². The standard InChI is InChI=1S/C9H6Cl2N2S/c1-5-12-4-6(9(11)13-5)7-2-3-8(10)14-7/h2-4H,1H3. The van der Waals surface area contributed by atoms with Crippen molar-refractivity contribution in [3.8, 4) is 10.4 Å². The Morgan fingerprint density at radius 2 is 2.07 bits per heavy atom. The minimum absolute atomic E-state index is 0.469. The molecule has 0 fully saturated rings. The van der Waals surface area contributed by atoms with Crippen molar-refractivity contribution in [3.05, 3.63) is 33.6 Å². The fourth-order valence-corrected chi connectivity index (χ4v) is 2.45. The van der Waals surface area contributed by atoms with Crippen molar-refractivity contribution in [2.45, 2.75) is 6.92 Å². The summed E-state index contributed by atoms with van der Waals surface area (Å²) in [5.74, 6) is 0.668. The molecule has 5 heteroatoms. The van der Waals surface area contributed by atoms with Crippen LogP contribution in [0.3, 0.4) is 0 Å². The second-order valence-electron chi connectivity index (χ2n) is 2.73. The molecule has 0 aliphatic carbocycles. The molecular weight excluding hydrogens is 239 g/mol. The first-order valence-electron chi connectivity index (χ1n) is 3.91. The van der Waals surface area contributed by atoms with Crippen molar-refractivity contribution in [3.63, 3.8) is 0 Å². The van der Waals surface area contributed by atoms with Crippen molar-refractivity contribution in [1.29, 1.82) is 0 Å². The second kappa shape index (κ2) is 3.85. The van der Waals surface area contributed by atoms with Crippen molar-refractivity contribution >= 4 is 34.5 Å². The molecule has 0 aromatic carbocycles. The van der Waals surface area contributed by atoms with E-state index in [4.69, 9.17) is 23.2 Å². The van der Waals surface area contributed by atoms with Gasteiger partial charge in [0.2, 0.25) is 0 Å². The molecule has 0 N–H and O–H groups in total. The zero-order chi connectivity index (χ0) is 10.1. The SMILES string of the molecule is Cc1ncc(-c2ccc(Cl)s2)c(Cl)n1. The van der Waals surface area contributed by atoms with Crippen LogP contribution in [-0.2, 0) is 0 Å². The second-order valence-corrected chi connectivity index (χ2v) is 4.80. The first-order chi connectivity index (χ1) is 6.66. The number of rotatable bonds is 1. The first kappa shape index (κ1) is 9.90. The van der Waals surface area contributed by atoms with Crippen LogP contribution < -0.4 is 0 Å². The predicted molar refractivity (Wildman–Crippen MR) is 60.1 cm³/mol. The zero-order valence-electron chi connectivity index (χ0n) is 7.29. The molecule has 72 valence electrons. The van der Waals surface area contributed by atoms with Gasteiger partial charge in [0.1, 0.15) is 11.0 Å². The third-order valence-corrected chi connectivity index (χ3v) is 3.25. The van der Waals surface area contributed by atoms with E-state index in [1.807, 2.05) is 12.1 Å². The van der Waals surface area contributed by atoms with Gasteiger partial charge in [-0.2, -0.15) is 0 Å². The minimum Gasteiger partial charge on any atom is -0.241 e. The number of halogens is 2. The average Bonchev–Trinajstić information content (AvgIpc) is 2.51. The van der Waals surface area contributed by atoms with Crippen LogP contribution in [0.4, 0.5) is 0 Å². The molecule has 14 heavy (non-hydrogen) atoms. The van der Waals surface area contributed by atoms with E-state index in [1.54, 1.807) is 13.1 Å². The van der Waals surface area contributed by atoms with E-state index in [1.165, 1.54) is 11.3 Å². The fourth-order valence-electron chi connectivity index (χ4n) is 1.07. The Hall–Kier alpha value is -0.640. The predicted octanol–water partition coefficient (Wildman–Crippen LogP) is 3.82. The summed E-state index contributed by atoms with van der Waals surface area (Å²) in [6.07, 6.45) is 1.72. The molecule has 0 aliphatic rings. The Morgan fingerprint density at radius 3 is 2.64 bits per heavy atom. The third kappa shape index (κ3) is 1.90. The normalized spacial score (nSPS) is 10.5. The molecule has 2 rings (SSSR count). The summed E-state index contributed by atoms with van der Waals surface area (Å²) in [6.45, 7) is 1.80. The summed E-state index contributed by atoms with van der Waals surface area (Å²) in [4.78, 5) is 9.16. The minimum atomic E-state index is 0.469. The third-order valence-electron chi connectivity index (χ3n) is 1.70. The molecule has 0 atom stereocenters. The molecule has 0 saturated carbocycles. The highest BCUT2D eigenvalue weighted by Gasteiger charge is 2.07. The Morgan fingerprint density at radius 1 is 1.29 bits per heavy atom. The first-order valence-corrected chi connectivity index (χ1v) is 5.49. The summed E-state index contributed by atoms with van der Waals surface area (Å²) >= 11 is 13.3. The van der Waals surface area contributed by atoms with Crippen LogP contribution in [-0.4, -0.2) is 9.97 Å². The summed E-state index contributed by atoms with van der Waals surface area (Å²) in [6, 6.07) is 3.74. The van der Waals surface area contributed by atoms with E-state index in [0.717, 1.165) is 14.8 Å². The molecule has 2 aromatic rings. The number of aromatic nitrogens is 2. The van der Waals surface area contributed by atoms with E-state index in [0.29, 0.717) is 11.0 Å². The van der Waals surface area contributed by atoms with Gasteiger partial charge >= 0.3 is 0 Å². The topological polar surface area (TPSA) is 25.8 Å². The highest BCUT2D eigenvalue weighted by Crippen LogP contribution is 2.33. The Labute approximate surface area is 95.5 Å². The highest BCUT2D eigenvalue weighted by molar-refractivity contribution is 7.19. The summed E-state index contributed by atoms with van der Waals surface area (Å²) in [5.41, 5.74) is 0.828.